The first kappa shape index (κ1) is 22.2. The van der Waals surface area contributed by atoms with Crippen molar-refractivity contribution in [3.05, 3.63) is 69.2 Å². The zero-order chi connectivity index (χ0) is 24.3. The van der Waals surface area contributed by atoms with E-state index in [-0.39, 0.29) is 17.2 Å². The summed E-state index contributed by atoms with van der Waals surface area (Å²) >= 11 is 6.01. The molecule has 0 radical (unpaired) electrons. The third kappa shape index (κ3) is 3.88. The van der Waals surface area contributed by atoms with Gasteiger partial charge in [0, 0.05) is 55.4 Å². The molecule has 180 valence electrons. The van der Waals surface area contributed by atoms with Gasteiger partial charge in [-0.2, -0.15) is 5.10 Å². The second kappa shape index (κ2) is 8.42. The molecule has 2 atom stereocenters. The van der Waals surface area contributed by atoms with Crippen molar-refractivity contribution in [1.29, 1.82) is 0 Å². The molecule has 4 aromatic rings. The summed E-state index contributed by atoms with van der Waals surface area (Å²) in [5, 5.41) is 4.98. The summed E-state index contributed by atoms with van der Waals surface area (Å²) in [6, 6.07) is 6.25. The molecule has 0 aliphatic carbocycles. The standard InChI is InChI=1S/C25H24ClFN6O2/c1-14-7-22-30-24-18(25(34)33(22)11-14)9-21(29-23(24)17-4-3-16(26)8-19(17)27)32-5-6-35-20(13-32)15-10-28-31(2)12-15/h3-4,8-10,12,14,20H,5-7,11,13H2,1-2H3/t14-,20+/m0/s1. The predicted octanol–water partition coefficient (Wildman–Crippen LogP) is 3.75. The molecular weight excluding hydrogens is 471 g/mol. The van der Waals surface area contributed by atoms with Crippen LogP contribution in [0.2, 0.25) is 5.02 Å². The second-order valence-corrected chi connectivity index (χ2v) is 9.79. The van der Waals surface area contributed by atoms with Gasteiger partial charge in [-0.25, -0.2) is 14.4 Å². The maximum absolute atomic E-state index is 15.1. The third-order valence-electron chi connectivity index (χ3n) is 6.71. The number of nitrogens with zero attached hydrogens (tertiary/aromatic N) is 6. The lowest BCUT2D eigenvalue weighted by Crippen LogP contribution is -2.39. The molecule has 5 heterocycles. The fraction of sp³-hybridized carbons (Fsp3) is 0.360. The van der Waals surface area contributed by atoms with Crippen LogP contribution in [0.4, 0.5) is 10.2 Å². The lowest BCUT2D eigenvalue weighted by atomic mass is 10.1. The van der Waals surface area contributed by atoms with E-state index in [1.54, 1.807) is 33.6 Å². The summed E-state index contributed by atoms with van der Waals surface area (Å²) in [5.74, 6) is 1.11. The minimum Gasteiger partial charge on any atom is -0.370 e. The van der Waals surface area contributed by atoms with Crippen LogP contribution in [0.3, 0.4) is 0 Å². The largest absolute Gasteiger partial charge is 0.370 e. The van der Waals surface area contributed by atoms with E-state index in [1.807, 2.05) is 13.2 Å². The number of ether oxygens (including phenoxy) is 1. The smallest absolute Gasteiger partial charge is 0.261 e. The number of benzene rings is 1. The first-order valence-corrected chi connectivity index (χ1v) is 12.0. The number of aromatic nitrogens is 5. The van der Waals surface area contributed by atoms with Crippen molar-refractivity contribution in [3.63, 3.8) is 0 Å². The first-order valence-electron chi connectivity index (χ1n) is 11.6. The molecule has 10 heteroatoms. The molecule has 2 aliphatic rings. The fourth-order valence-corrected chi connectivity index (χ4v) is 5.14. The molecule has 1 saturated heterocycles. The van der Waals surface area contributed by atoms with Crippen LogP contribution in [-0.4, -0.2) is 44.0 Å². The van der Waals surface area contributed by atoms with Crippen LogP contribution in [0.5, 0.6) is 0 Å². The van der Waals surface area contributed by atoms with Gasteiger partial charge in [0.2, 0.25) is 0 Å². The second-order valence-electron chi connectivity index (χ2n) is 9.36. The van der Waals surface area contributed by atoms with Crippen molar-refractivity contribution in [2.24, 2.45) is 13.0 Å². The zero-order valence-electron chi connectivity index (χ0n) is 19.4. The highest BCUT2D eigenvalue weighted by Crippen LogP contribution is 2.33. The summed E-state index contributed by atoms with van der Waals surface area (Å²) in [6.45, 7) is 4.33. The van der Waals surface area contributed by atoms with Crippen molar-refractivity contribution in [1.82, 2.24) is 24.3 Å². The molecule has 0 N–H and O–H groups in total. The number of rotatable bonds is 3. The average Bonchev–Trinajstić information content (AvgIpc) is 3.44. The van der Waals surface area contributed by atoms with Crippen LogP contribution in [0.25, 0.3) is 22.2 Å². The minimum absolute atomic E-state index is 0.120. The van der Waals surface area contributed by atoms with Gasteiger partial charge in [-0.3, -0.25) is 14.0 Å². The molecule has 6 rings (SSSR count). The van der Waals surface area contributed by atoms with Gasteiger partial charge >= 0.3 is 0 Å². The number of hydrogen-bond donors (Lipinski definition) is 0. The van der Waals surface area contributed by atoms with Gasteiger partial charge < -0.3 is 9.64 Å². The molecule has 0 spiro atoms. The molecule has 0 bridgehead atoms. The Bertz CT molecular complexity index is 1520. The molecule has 1 fully saturated rings. The number of aryl methyl sites for hydroxylation is 1. The maximum atomic E-state index is 15.1. The number of halogens is 2. The Morgan fingerprint density at radius 2 is 2.06 bits per heavy atom. The zero-order valence-corrected chi connectivity index (χ0v) is 20.2. The van der Waals surface area contributed by atoms with Crippen molar-refractivity contribution in [2.75, 3.05) is 24.6 Å². The molecule has 1 aromatic carbocycles. The molecule has 8 nitrogen and oxygen atoms in total. The van der Waals surface area contributed by atoms with Gasteiger partial charge in [0.25, 0.3) is 5.56 Å². The summed E-state index contributed by atoms with van der Waals surface area (Å²) in [6.07, 6.45) is 4.23. The van der Waals surface area contributed by atoms with Crippen LogP contribution < -0.4 is 10.5 Å². The van der Waals surface area contributed by atoms with Gasteiger partial charge in [-0.1, -0.05) is 18.5 Å². The van der Waals surface area contributed by atoms with Gasteiger partial charge in [0.1, 0.15) is 34.8 Å². The van der Waals surface area contributed by atoms with Crippen LogP contribution in [0.15, 0.2) is 41.5 Å². The average molecular weight is 495 g/mol. The van der Waals surface area contributed by atoms with Crippen LogP contribution in [0, 0.1) is 11.7 Å². The molecule has 0 amide bonds. The quantitative estimate of drug-likeness (QED) is 0.431. The molecule has 3 aromatic heterocycles. The highest BCUT2D eigenvalue weighted by Gasteiger charge is 2.28. The van der Waals surface area contributed by atoms with Crippen molar-refractivity contribution < 1.29 is 9.13 Å². The Balaban J connectivity index is 1.52. The van der Waals surface area contributed by atoms with E-state index < -0.39 is 5.82 Å². The Morgan fingerprint density at radius 1 is 1.20 bits per heavy atom. The van der Waals surface area contributed by atoms with E-state index in [9.17, 15) is 4.79 Å². The molecule has 0 saturated carbocycles. The molecule has 2 aliphatic heterocycles. The minimum atomic E-state index is -0.505. The van der Waals surface area contributed by atoms with Gasteiger partial charge in [0.15, 0.2) is 0 Å². The van der Waals surface area contributed by atoms with E-state index in [0.717, 1.165) is 5.56 Å². The number of anilines is 1. The van der Waals surface area contributed by atoms with Crippen molar-refractivity contribution >= 4 is 28.3 Å². The van der Waals surface area contributed by atoms with Gasteiger partial charge in [-0.05, 0) is 30.2 Å². The van der Waals surface area contributed by atoms with Crippen LogP contribution in [0.1, 0.15) is 24.4 Å². The van der Waals surface area contributed by atoms with Crippen LogP contribution >= 0.6 is 11.6 Å². The fourth-order valence-electron chi connectivity index (χ4n) is 4.98. The first-order chi connectivity index (χ1) is 16.9. The number of pyridine rings is 1. The monoisotopic (exact) mass is 494 g/mol. The lowest BCUT2D eigenvalue weighted by Gasteiger charge is -2.33. The van der Waals surface area contributed by atoms with Gasteiger partial charge in [0.05, 0.1) is 18.2 Å². The van der Waals surface area contributed by atoms with E-state index in [2.05, 4.69) is 16.9 Å². The SMILES string of the molecule is C[C@H]1Cc2nc3c(-c4ccc(Cl)cc4F)nc(N4CCO[C@@H](c5cnn(C)c5)C4)cc3c(=O)n2C1. The predicted molar refractivity (Wildman–Crippen MR) is 131 cm³/mol. The Labute approximate surface area is 205 Å². The summed E-state index contributed by atoms with van der Waals surface area (Å²) < 4.78 is 24.5. The number of morpholine rings is 1. The van der Waals surface area contributed by atoms with E-state index in [4.69, 9.17) is 26.3 Å². The topological polar surface area (TPSA) is 78.1 Å². The molecular formula is C25H24ClFN6O2. The molecule has 35 heavy (non-hydrogen) atoms. The van der Waals surface area contributed by atoms with Gasteiger partial charge in [-0.15, -0.1) is 0 Å². The number of fused-ring (bicyclic) bond motifs is 2. The van der Waals surface area contributed by atoms with Crippen LogP contribution in [-0.2, 0) is 24.8 Å². The Hall–Kier alpha value is -3.30. The van der Waals surface area contributed by atoms with Crippen molar-refractivity contribution in [2.45, 2.75) is 26.0 Å². The van der Waals surface area contributed by atoms with E-state index in [1.165, 1.54) is 6.07 Å². The number of hydrogen-bond acceptors (Lipinski definition) is 6. The summed E-state index contributed by atoms with van der Waals surface area (Å²) in [7, 11) is 1.86. The Morgan fingerprint density at radius 3 is 2.83 bits per heavy atom. The normalized spacial score (nSPS) is 19.9. The summed E-state index contributed by atoms with van der Waals surface area (Å²) in [5.41, 5.74) is 1.87. The molecule has 0 unspecified atom stereocenters. The Kier molecular flexibility index (Phi) is 5.34. The summed E-state index contributed by atoms with van der Waals surface area (Å²) in [4.78, 5) is 25.3. The highest BCUT2D eigenvalue weighted by atomic mass is 35.5. The van der Waals surface area contributed by atoms with E-state index >= 15 is 4.39 Å². The van der Waals surface area contributed by atoms with E-state index in [0.29, 0.717) is 71.8 Å². The maximum Gasteiger partial charge on any atom is 0.261 e. The van der Waals surface area contributed by atoms with Crippen molar-refractivity contribution in [3.8, 4) is 11.3 Å². The highest BCUT2D eigenvalue weighted by molar-refractivity contribution is 6.30. The third-order valence-corrected chi connectivity index (χ3v) is 6.94. The lowest BCUT2D eigenvalue weighted by molar-refractivity contribution is 0.0395.